The van der Waals surface area contributed by atoms with Gasteiger partial charge in [0.25, 0.3) is 0 Å². The number of carboxylic acids is 1. The first kappa shape index (κ1) is 27.1. The SMILES string of the molecule is CC1=[C-]C(C)(C)C(C)=C1C.CCCC(=O)O.[CH3-].[CH3-].[Ti+3]. The predicted molar refractivity (Wildman–Crippen MR) is 80.0 cm³/mol. The van der Waals surface area contributed by atoms with Gasteiger partial charge in [-0.1, -0.05) is 40.0 Å². The van der Waals surface area contributed by atoms with Gasteiger partial charge >= 0.3 is 27.7 Å². The van der Waals surface area contributed by atoms with Crippen molar-refractivity contribution in [3.05, 3.63) is 37.6 Å². The van der Waals surface area contributed by atoms with Crippen LogP contribution in [0.5, 0.6) is 0 Å². The summed E-state index contributed by atoms with van der Waals surface area (Å²) in [5.74, 6) is -0.711. The molecule has 19 heavy (non-hydrogen) atoms. The van der Waals surface area contributed by atoms with Crippen LogP contribution in [0.1, 0.15) is 54.4 Å². The topological polar surface area (TPSA) is 37.3 Å². The summed E-state index contributed by atoms with van der Waals surface area (Å²) in [7, 11) is 0. The number of carbonyl (C=O) groups is 1. The van der Waals surface area contributed by atoms with E-state index in [0.717, 1.165) is 6.42 Å². The number of hydrogen-bond acceptors (Lipinski definition) is 1. The average molecular weight is 301 g/mol. The molecule has 0 amide bonds. The zero-order valence-electron chi connectivity index (χ0n) is 13.8. The molecule has 0 aromatic rings. The molecule has 0 bridgehead atoms. The third-order valence-electron chi connectivity index (χ3n) is 3.03. The van der Waals surface area contributed by atoms with Gasteiger partial charge in [0.05, 0.1) is 0 Å². The Hall–Kier alpha value is -0.336. The van der Waals surface area contributed by atoms with Crippen LogP contribution in [0.3, 0.4) is 0 Å². The van der Waals surface area contributed by atoms with Crippen LogP contribution in [0.2, 0.25) is 0 Å². The van der Waals surface area contributed by atoms with E-state index in [2.05, 4.69) is 40.7 Å². The maximum atomic E-state index is 9.60. The van der Waals surface area contributed by atoms with Crippen molar-refractivity contribution in [2.45, 2.75) is 54.4 Å². The number of aliphatic carboxylic acids is 1. The van der Waals surface area contributed by atoms with Crippen molar-refractivity contribution in [3.63, 3.8) is 0 Å². The monoisotopic (exact) mass is 301 g/mol. The summed E-state index contributed by atoms with van der Waals surface area (Å²) in [5, 5.41) is 7.91. The van der Waals surface area contributed by atoms with Gasteiger partial charge in [0.15, 0.2) is 0 Å². The summed E-state index contributed by atoms with van der Waals surface area (Å²) in [4.78, 5) is 9.60. The predicted octanol–water partition coefficient (Wildman–Crippen LogP) is 4.88. The van der Waals surface area contributed by atoms with Gasteiger partial charge in [-0.2, -0.15) is 11.1 Å². The summed E-state index contributed by atoms with van der Waals surface area (Å²) in [6.45, 7) is 12.8. The standard InChI is InChI=1S/C10H15.C4H8O2.2CH3.Ti/c1-7-6-10(4,5)9(3)8(7)2;1-2-3-4(5)6;;;/h1-5H3;2-3H2,1H3,(H,5,6);2*1H3;/q-1;;2*-1;+3. The Morgan fingerprint density at radius 3 is 1.68 bits per heavy atom. The van der Waals surface area contributed by atoms with Crippen molar-refractivity contribution in [1.29, 1.82) is 0 Å². The van der Waals surface area contributed by atoms with Gasteiger partial charge in [0.2, 0.25) is 0 Å². The van der Waals surface area contributed by atoms with Crippen LogP contribution >= 0.6 is 0 Å². The quantitative estimate of drug-likeness (QED) is 0.583. The van der Waals surface area contributed by atoms with Crippen LogP contribution in [-0.2, 0) is 26.5 Å². The van der Waals surface area contributed by atoms with Crippen molar-refractivity contribution < 1.29 is 31.6 Å². The number of rotatable bonds is 2. The van der Waals surface area contributed by atoms with Gasteiger partial charge in [-0.15, -0.1) is 6.92 Å². The Balaban J connectivity index is -0.000000112. The normalized spacial score (nSPS) is 14.9. The molecule has 1 aliphatic carbocycles. The minimum absolute atomic E-state index is 0. The molecular formula is C16H29O2Ti. The van der Waals surface area contributed by atoms with Gasteiger partial charge in [0.1, 0.15) is 0 Å². The summed E-state index contributed by atoms with van der Waals surface area (Å²) >= 11 is 0. The minimum Gasteiger partial charge on any atom is -0.481 e. The fourth-order valence-corrected chi connectivity index (χ4v) is 1.62. The molecular weight excluding hydrogens is 272 g/mol. The number of hydrogen-bond donors (Lipinski definition) is 1. The van der Waals surface area contributed by atoms with E-state index in [-0.39, 0.29) is 42.0 Å². The van der Waals surface area contributed by atoms with E-state index < -0.39 is 5.97 Å². The molecule has 0 spiro atoms. The molecule has 1 N–H and O–H groups in total. The first-order valence-electron chi connectivity index (χ1n) is 5.74. The van der Waals surface area contributed by atoms with Crippen molar-refractivity contribution in [2.24, 2.45) is 5.41 Å². The molecule has 0 saturated carbocycles. The zero-order chi connectivity index (χ0) is 12.9. The molecule has 2 nitrogen and oxygen atoms in total. The van der Waals surface area contributed by atoms with Crippen molar-refractivity contribution >= 4 is 5.97 Å². The second kappa shape index (κ2) is 11.5. The fraction of sp³-hybridized carbons (Fsp3) is 0.562. The van der Waals surface area contributed by atoms with Crippen LogP contribution in [0, 0.1) is 26.3 Å². The molecule has 0 aliphatic heterocycles. The minimum atomic E-state index is -0.711. The Bertz CT molecular complexity index is 326. The molecule has 1 aliphatic rings. The van der Waals surface area contributed by atoms with Crippen molar-refractivity contribution in [2.75, 3.05) is 0 Å². The van der Waals surface area contributed by atoms with E-state index in [4.69, 9.17) is 5.11 Å². The van der Waals surface area contributed by atoms with Gasteiger partial charge in [0, 0.05) is 6.42 Å². The molecule has 3 heteroatoms. The third-order valence-corrected chi connectivity index (χ3v) is 3.03. The van der Waals surface area contributed by atoms with Crippen LogP contribution < -0.4 is 0 Å². The molecule has 0 heterocycles. The molecule has 0 aromatic heterocycles. The Kier molecular flexibility index (Phi) is 16.4. The van der Waals surface area contributed by atoms with Gasteiger partial charge < -0.3 is 20.0 Å². The molecule has 0 atom stereocenters. The molecule has 0 aromatic carbocycles. The largest absolute Gasteiger partial charge is 3.00 e. The maximum absolute atomic E-state index is 9.60. The second-order valence-electron chi connectivity index (χ2n) is 4.77. The first-order chi connectivity index (χ1) is 7.22. The van der Waals surface area contributed by atoms with Gasteiger partial charge in [-0.3, -0.25) is 10.9 Å². The van der Waals surface area contributed by atoms with E-state index >= 15 is 0 Å². The second-order valence-corrected chi connectivity index (χ2v) is 4.77. The number of carboxylic acid groups (broad SMARTS) is 1. The van der Waals surface area contributed by atoms with Crippen LogP contribution in [-0.4, -0.2) is 11.1 Å². The van der Waals surface area contributed by atoms with E-state index in [9.17, 15) is 4.79 Å². The van der Waals surface area contributed by atoms with Crippen LogP contribution in [0.4, 0.5) is 0 Å². The third kappa shape index (κ3) is 9.23. The van der Waals surface area contributed by atoms with Crippen LogP contribution in [0.15, 0.2) is 16.7 Å². The summed E-state index contributed by atoms with van der Waals surface area (Å²) in [5.41, 5.74) is 4.39. The van der Waals surface area contributed by atoms with Crippen LogP contribution in [0.25, 0.3) is 0 Å². The van der Waals surface area contributed by atoms with E-state index in [1.807, 2.05) is 6.92 Å². The molecule has 0 fully saturated rings. The van der Waals surface area contributed by atoms with E-state index in [1.54, 1.807) is 0 Å². The fourth-order valence-electron chi connectivity index (χ4n) is 1.62. The summed E-state index contributed by atoms with van der Waals surface area (Å²) in [6.07, 6.45) is 4.46. The molecule has 0 saturated heterocycles. The number of allylic oxidation sites excluding steroid dienone is 4. The molecule has 0 unspecified atom stereocenters. The average Bonchev–Trinajstić information content (AvgIpc) is 2.30. The zero-order valence-corrected chi connectivity index (χ0v) is 15.3. The van der Waals surface area contributed by atoms with Gasteiger partial charge in [-0.25, -0.2) is 5.57 Å². The molecule has 1 rings (SSSR count). The van der Waals surface area contributed by atoms with Crippen molar-refractivity contribution in [1.82, 2.24) is 0 Å². The molecule has 1 radical (unpaired) electrons. The molecule has 109 valence electrons. The van der Waals surface area contributed by atoms with E-state index in [0.29, 0.717) is 6.42 Å². The Morgan fingerprint density at radius 2 is 1.63 bits per heavy atom. The Labute approximate surface area is 135 Å². The smallest absolute Gasteiger partial charge is 0.481 e. The summed E-state index contributed by atoms with van der Waals surface area (Å²) in [6, 6.07) is 0. The van der Waals surface area contributed by atoms with Crippen molar-refractivity contribution in [3.8, 4) is 0 Å². The maximum Gasteiger partial charge on any atom is 3.00 e. The first-order valence-corrected chi connectivity index (χ1v) is 5.74. The van der Waals surface area contributed by atoms with E-state index in [1.165, 1.54) is 16.7 Å². The van der Waals surface area contributed by atoms with Gasteiger partial charge in [-0.05, 0) is 6.42 Å². The Morgan fingerprint density at radius 1 is 1.21 bits per heavy atom. The summed E-state index contributed by atoms with van der Waals surface area (Å²) < 4.78 is 0.